The first-order valence-corrected chi connectivity index (χ1v) is 11.8. The van der Waals surface area contributed by atoms with Gasteiger partial charge in [0.2, 0.25) is 5.91 Å². The summed E-state index contributed by atoms with van der Waals surface area (Å²) in [5, 5.41) is 3.10. The predicted molar refractivity (Wildman–Crippen MR) is 116 cm³/mol. The van der Waals surface area contributed by atoms with Gasteiger partial charge >= 0.3 is 0 Å². The minimum Gasteiger partial charge on any atom is -0.338 e. The number of hydrogen-bond acceptors (Lipinski definition) is 4. The topological polar surface area (TPSA) is 91.9 Å². The fourth-order valence-electron chi connectivity index (χ4n) is 3.74. The van der Waals surface area contributed by atoms with Gasteiger partial charge in [-0.15, -0.1) is 0 Å². The summed E-state index contributed by atoms with van der Waals surface area (Å²) < 4.78 is 24.7. The monoisotopic (exact) mass is 431 g/mol. The zero-order valence-electron chi connectivity index (χ0n) is 15.8. The molecule has 1 aliphatic rings. The maximum Gasteiger partial charge on any atom is 0.225 e. The van der Waals surface area contributed by atoms with Crippen LogP contribution in [0.15, 0.2) is 42.5 Å². The lowest BCUT2D eigenvalue weighted by Gasteiger charge is -2.11. The lowest BCUT2D eigenvalue weighted by atomic mass is 10.2. The van der Waals surface area contributed by atoms with Crippen molar-refractivity contribution in [1.82, 2.24) is 9.97 Å². The summed E-state index contributed by atoms with van der Waals surface area (Å²) in [6, 6.07) is 12.8. The number of halogens is 1. The second-order valence-corrected chi connectivity index (χ2v) is 10.2. The highest BCUT2D eigenvalue weighted by Crippen LogP contribution is 2.28. The van der Waals surface area contributed by atoms with Crippen molar-refractivity contribution in [3.05, 3.63) is 47.5 Å². The van der Waals surface area contributed by atoms with Crippen molar-refractivity contribution in [2.75, 3.05) is 11.1 Å². The normalized spacial score (nSPS) is 15.1. The van der Waals surface area contributed by atoms with Crippen LogP contribution in [0, 0.1) is 0 Å². The number of fused-ring (bicyclic) bond motifs is 1. The highest BCUT2D eigenvalue weighted by Gasteiger charge is 2.28. The number of aromatic nitrogens is 2. The van der Waals surface area contributed by atoms with Crippen LogP contribution in [0.1, 0.15) is 32.1 Å². The molecule has 0 aliphatic heterocycles. The van der Waals surface area contributed by atoms with Crippen molar-refractivity contribution in [2.24, 2.45) is 0 Å². The van der Waals surface area contributed by atoms with Gasteiger partial charge < -0.3 is 10.3 Å². The molecule has 1 saturated carbocycles. The summed E-state index contributed by atoms with van der Waals surface area (Å²) in [7, 11) is -3.20. The molecule has 0 bridgehead atoms. The smallest absolute Gasteiger partial charge is 0.225 e. The maximum absolute atomic E-state index is 12.3. The summed E-state index contributed by atoms with van der Waals surface area (Å²) in [5.74, 6) is 0.236. The van der Waals surface area contributed by atoms with Gasteiger partial charge in [0.05, 0.1) is 27.1 Å². The number of aromatic amines is 1. The van der Waals surface area contributed by atoms with E-state index in [0.717, 1.165) is 29.4 Å². The van der Waals surface area contributed by atoms with Crippen LogP contribution >= 0.6 is 11.6 Å². The number of hydrogen-bond donors (Lipinski definition) is 2. The first-order chi connectivity index (χ1) is 13.9. The Hall–Kier alpha value is -2.38. The Morgan fingerprint density at radius 2 is 1.93 bits per heavy atom. The Kier molecular flexibility index (Phi) is 5.61. The molecule has 0 unspecified atom stereocenters. The number of nitrogens with zero attached hydrogens (tertiary/aromatic N) is 1. The highest BCUT2D eigenvalue weighted by molar-refractivity contribution is 7.92. The third kappa shape index (κ3) is 4.46. The van der Waals surface area contributed by atoms with Crippen LogP contribution < -0.4 is 5.32 Å². The Morgan fingerprint density at radius 1 is 1.17 bits per heavy atom. The maximum atomic E-state index is 12.3. The molecule has 1 amide bonds. The van der Waals surface area contributed by atoms with E-state index in [-0.39, 0.29) is 23.3 Å². The molecule has 6 nitrogen and oxygen atoms in total. The van der Waals surface area contributed by atoms with E-state index in [9.17, 15) is 13.2 Å². The van der Waals surface area contributed by atoms with Gasteiger partial charge in [0.15, 0.2) is 9.84 Å². The van der Waals surface area contributed by atoms with Crippen molar-refractivity contribution in [3.8, 4) is 11.4 Å². The number of anilines is 1. The van der Waals surface area contributed by atoms with Crippen molar-refractivity contribution < 1.29 is 13.2 Å². The average molecular weight is 432 g/mol. The van der Waals surface area contributed by atoms with Crippen molar-refractivity contribution in [2.45, 2.75) is 37.4 Å². The standard InChI is InChI=1S/C21H22ClN3O3S/c22-17-8-4-3-7-16(17)21-24-18-10-9-14(13-19(18)25-21)23-20(26)11-12-29(27,28)15-5-1-2-6-15/h3-4,7-10,13,15H,1-2,5-6,11-12H2,(H,23,26)(H,24,25). The predicted octanol–water partition coefficient (Wildman–Crippen LogP) is 4.57. The molecule has 8 heteroatoms. The van der Waals surface area contributed by atoms with Gasteiger partial charge in [0, 0.05) is 17.7 Å². The van der Waals surface area contributed by atoms with E-state index < -0.39 is 9.84 Å². The lowest BCUT2D eigenvalue weighted by molar-refractivity contribution is -0.115. The largest absolute Gasteiger partial charge is 0.338 e. The van der Waals surface area contributed by atoms with Gasteiger partial charge in [-0.05, 0) is 43.2 Å². The van der Waals surface area contributed by atoms with Crippen molar-refractivity contribution in [3.63, 3.8) is 0 Å². The van der Waals surface area contributed by atoms with Gasteiger partial charge in [-0.2, -0.15) is 0 Å². The van der Waals surface area contributed by atoms with Crippen LogP contribution in [0.2, 0.25) is 5.02 Å². The Bertz CT molecular complexity index is 1150. The quantitative estimate of drug-likeness (QED) is 0.598. The summed E-state index contributed by atoms with van der Waals surface area (Å²) >= 11 is 6.24. The summed E-state index contributed by atoms with van der Waals surface area (Å²) in [4.78, 5) is 20.0. The van der Waals surface area contributed by atoms with Crippen molar-refractivity contribution in [1.29, 1.82) is 0 Å². The molecule has 1 aromatic heterocycles. The average Bonchev–Trinajstić information content (AvgIpc) is 3.37. The molecule has 0 saturated heterocycles. The first kappa shape index (κ1) is 19.9. The molecule has 2 aromatic carbocycles. The van der Waals surface area contributed by atoms with Gasteiger partial charge in [0.1, 0.15) is 5.82 Å². The lowest BCUT2D eigenvalue weighted by Crippen LogP contribution is -2.24. The van der Waals surface area contributed by atoms with Crippen LogP contribution in [0.5, 0.6) is 0 Å². The van der Waals surface area contributed by atoms with Crippen LogP contribution in [-0.4, -0.2) is 35.3 Å². The summed E-state index contributed by atoms with van der Waals surface area (Å²) in [6.07, 6.45) is 3.31. The second kappa shape index (κ2) is 8.16. The Labute approximate surface area is 174 Å². The summed E-state index contributed by atoms with van der Waals surface area (Å²) in [5.41, 5.74) is 2.90. The van der Waals surface area contributed by atoms with Crippen LogP contribution in [-0.2, 0) is 14.6 Å². The molecule has 152 valence electrons. The number of nitrogens with one attached hydrogen (secondary N) is 2. The van der Waals surface area contributed by atoms with Crippen LogP contribution in [0.3, 0.4) is 0 Å². The number of carbonyl (C=O) groups excluding carboxylic acids is 1. The molecular weight excluding hydrogens is 410 g/mol. The number of carbonyl (C=O) groups is 1. The van der Waals surface area contributed by atoms with Gasteiger partial charge in [-0.25, -0.2) is 13.4 Å². The minimum absolute atomic E-state index is 0.0370. The molecule has 1 fully saturated rings. The molecule has 3 aromatic rings. The van der Waals surface area contributed by atoms with Crippen LogP contribution in [0.4, 0.5) is 5.69 Å². The number of H-pyrrole nitrogens is 1. The molecule has 1 heterocycles. The number of rotatable bonds is 6. The van der Waals surface area contributed by atoms with E-state index in [0.29, 0.717) is 29.4 Å². The molecule has 1 aliphatic carbocycles. The fourth-order valence-corrected chi connectivity index (χ4v) is 5.82. The van der Waals surface area contributed by atoms with E-state index in [1.165, 1.54) is 0 Å². The molecule has 4 rings (SSSR count). The van der Waals surface area contributed by atoms with Gasteiger partial charge in [-0.3, -0.25) is 4.79 Å². The Balaban J connectivity index is 1.44. The zero-order valence-corrected chi connectivity index (χ0v) is 17.4. The molecule has 0 atom stereocenters. The molecular formula is C21H22ClN3O3S. The highest BCUT2D eigenvalue weighted by atomic mass is 35.5. The van der Waals surface area contributed by atoms with Crippen LogP contribution in [0.25, 0.3) is 22.4 Å². The van der Waals surface area contributed by atoms with Gasteiger partial charge in [0.25, 0.3) is 0 Å². The number of sulfone groups is 1. The second-order valence-electron chi connectivity index (χ2n) is 7.37. The van der Waals surface area contributed by atoms with E-state index in [1.54, 1.807) is 24.3 Å². The van der Waals surface area contributed by atoms with E-state index >= 15 is 0 Å². The molecule has 0 spiro atoms. The van der Waals surface area contributed by atoms with E-state index in [2.05, 4.69) is 15.3 Å². The summed E-state index contributed by atoms with van der Waals surface area (Å²) in [6.45, 7) is 0. The Morgan fingerprint density at radius 3 is 2.69 bits per heavy atom. The molecule has 0 radical (unpaired) electrons. The number of amides is 1. The third-order valence-electron chi connectivity index (χ3n) is 5.32. The van der Waals surface area contributed by atoms with Crippen molar-refractivity contribution >= 4 is 44.1 Å². The first-order valence-electron chi connectivity index (χ1n) is 9.68. The SMILES string of the molecule is O=C(CCS(=O)(=O)C1CCCC1)Nc1ccc2nc(-c3ccccc3Cl)[nH]c2c1. The molecule has 2 N–H and O–H groups in total. The fraction of sp³-hybridized carbons (Fsp3) is 0.333. The van der Waals surface area contributed by atoms with E-state index in [4.69, 9.17) is 11.6 Å². The van der Waals surface area contributed by atoms with Gasteiger partial charge in [-0.1, -0.05) is 36.6 Å². The number of imidazole rings is 1. The number of benzene rings is 2. The minimum atomic E-state index is -3.20. The zero-order chi connectivity index (χ0) is 20.4. The molecule has 29 heavy (non-hydrogen) atoms. The van der Waals surface area contributed by atoms with E-state index in [1.807, 2.05) is 18.2 Å². The third-order valence-corrected chi connectivity index (χ3v) is 7.91.